The predicted molar refractivity (Wildman–Crippen MR) is 156 cm³/mol. The van der Waals surface area contributed by atoms with Gasteiger partial charge in [0, 0.05) is 17.0 Å². The fourth-order valence-corrected chi connectivity index (χ4v) is 5.75. The zero-order chi connectivity index (χ0) is 27.6. The summed E-state index contributed by atoms with van der Waals surface area (Å²) in [7, 11) is 0. The highest BCUT2D eigenvalue weighted by Gasteiger charge is 2.23. The molecule has 0 aliphatic carbocycles. The van der Waals surface area contributed by atoms with Crippen LogP contribution < -0.4 is 0 Å². The Morgan fingerprint density at radius 1 is 0.692 bits per heavy atom. The van der Waals surface area contributed by atoms with Crippen LogP contribution in [0, 0.1) is 17.5 Å². The van der Waals surface area contributed by atoms with E-state index in [1.807, 2.05) is 12.1 Å². The molecule has 0 N–H and O–H groups in total. The van der Waals surface area contributed by atoms with Crippen molar-refractivity contribution in [1.82, 2.24) is 0 Å². The molecule has 1 saturated heterocycles. The largest absolute Gasteiger partial charge is 0.378 e. The number of hydrogen-bond acceptors (Lipinski definition) is 1. The number of halogens is 3. The van der Waals surface area contributed by atoms with E-state index in [-0.39, 0.29) is 17.3 Å². The Labute approximate surface area is 232 Å². The van der Waals surface area contributed by atoms with E-state index in [1.54, 1.807) is 42.5 Å². The molecule has 3 aromatic carbocycles. The van der Waals surface area contributed by atoms with E-state index in [9.17, 15) is 8.78 Å². The zero-order valence-corrected chi connectivity index (χ0v) is 23.6. The minimum Gasteiger partial charge on any atom is -0.378 e. The Bertz CT molecular complexity index is 1180. The first-order valence-electron chi connectivity index (χ1n) is 15.0. The molecule has 1 aliphatic rings. The van der Waals surface area contributed by atoms with E-state index in [0.29, 0.717) is 41.4 Å². The minimum absolute atomic E-state index is 0.218. The van der Waals surface area contributed by atoms with E-state index in [2.05, 4.69) is 13.8 Å². The zero-order valence-electron chi connectivity index (χ0n) is 23.6. The molecular formula is C35H43F3O. The van der Waals surface area contributed by atoms with Gasteiger partial charge in [0.05, 0.1) is 12.7 Å². The quantitative estimate of drug-likeness (QED) is 0.197. The maximum atomic E-state index is 15.1. The van der Waals surface area contributed by atoms with Crippen molar-refractivity contribution in [2.75, 3.05) is 6.61 Å². The van der Waals surface area contributed by atoms with Crippen molar-refractivity contribution in [2.45, 2.75) is 103 Å². The smallest absolute Gasteiger partial charge is 0.166 e. The van der Waals surface area contributed by atoms with Gasteiger partial charge in [0.15, 0.2) is 11.6 Å². The fraction of sp³-hybridized carbons (Fsp3) is 0.486. The molecule has 3 aromatic rings. The van der Waals surface area contributed by atoms with Gasteiger partial charge in [-0.2, -0.15) is 0 Å². The summed E-state index contributed by atoms with van der Waals surface area (Å²) in [6.45, 7) is 5.00. The summed E-state index contributed by atoms with van der Waals surface area (Å²) in [6, 6.07) is 15.8. The molecule has 1 heterocycles. The lowest BCUT2D eigenvalue weighted by molar-refractivity contribution is -0.00115. The van der Waals surface area contributed by atoms with Crippen LogP contribution in [0.2, 0.25) is 0 Å². The molecule has 4 rings (SSSR count). The molecule has 0 spiro atoms. The van der Waals surface area contributed by atoms with Crippen molar-refractivity contribution in [1.29, 1.82) is 0 Å². The van der Waals surface area contributed by atoms with Crippen molar-refractivity contribution in [2.24, 2.45) is 0 Å². The summed E-state index contributed by atoms with van der Waals surface area (Å²) in [5.41, 5.74) is 3.43. The van der Waals surface area contributed by atoms with Crippen LogP contribution in [0.25, 0.3) is 22.3 Å². The predicted octanol–water partition coefficient (Wildman–Crippen LogP) is 10.8. The summed E-state index contributed by atoms with van der Waals surface area (Å²) < 4.78 is 50.9. The van der Waals surface area contributed by atoms with Crippen molar-refractivity contribution >= 4 is 0 Å². The van der Waals surface area contributed by atoms with E-state index in [0.717, 1.165) is 50.5 Å². The molecular weight excluding hydrogens is 493 g/mol. The van der Waals surface area contributed by atoms with Gasteiger partial charge in [-0.15, -0.1) is 0 Å². The highest BCUT2D eigenvalue weighted by molar-refractivity contribution is 5.71. The van der Waals surface area contributed by atoms with Gasteiger partial charge in [-0.3, -0.25) is 0 Å². The van der Waals surface area contributed by atoms with Crippen LogP contribution in [0.1, 0.15) is 102 Å². The van der Waals surface area contributed by atoms with Gasteiger partial charge in [0.2, 0.25) is 0 Å². The maximum Gasteiger partial charge on any atom is 0.166 e. The van der Waals surface area contributed by atoms with Gasteiger partial charge in [-0.1, -0.05) is 107 Å². The minimum atomic E-state index is -0.811. The Hall–Kier alpha value is -2.59. The molecule has 0 saturated carbocycles. The van der Waals surface area contributed by atoms with E-state index in [4.69, 9.17) is 4.74 Å². The lowest BCUT2D eigenvalue weighted by Crippen LogP contribution is -2.24. The van der Waals surface area contributed by atoms with Crippen LogP contribution in [0.15, 0.2) is 54.6 Å². The van der Waals surface area contributed by atoms with Gasteiger partial charge < -0.3 is 4.74 Å². The van der Waals surface area contributed by atoms with E-state index < -0.39 is 11.6 Å². The Balaban J connectivity index is 1.38. The Kier molecular flexibility index (Phi) is 11.1. The van der Waals surface area contributed by atoms with Crippen molar-refractivity contribution in [3.05, 3.63) is 83.2 Å². The lowest BCUT2D eigenvalue weighted by Gasteiger charge is -2.29. The Morgan fingerprint density at radius 2 is 1.36 bits per heavy atom. The summed E-state index contributed by atoms with van der Waals surface area (Å²) in [5, 5.41) is 0. The van der Waals surface area contributed by atoms with Crippen LogP contribution in [-0.4, -0.2) is 12.7 Å². The molecule has 1 aliphatic heterocycles. The normalized spacial score (nSPS) is 17.5. The molecule has 1 nitrogen and oxygen atoms in total. The standard InChI is InChI=1S/C35H43F3O/c1-3-5-6-7-8-9-10-12-27-18-22-32(35(38)34(27)37)26-15-13-25(14-16-26)31-21-19-28(23-33(31)36)29-17-20-30(11-4-2)39-24-29/h13-16,18-19,21-23,29-30H,3-12,17,20,24H2,1-2H3. The SMILES string of the molecule is CCCCCCCCCc1ccc(-c2ccc(-c3ccc(C4CCC(CCC)OC4)cc3F)cc2)c(F)c1F. The topological polar surface area (TPSA) is 9.23 Å². The maximum absolute atomic E-state index is 15.1. The van der Waals surface area contributed by atoms with E-state index >= 15 is 4.39 Å². The van der Waals surface area contributed by atoms with Crippen molar-refractivity contribution in [3.8, 4) is 22.3 Å². The molecule has 4 heteroatoms. The number of unbranched alkanes of at least 4 members (excludes halogenated alkanes) is 6. The number of ether oxygens (including phenoxy) is 1. The second-order valence-electron chi connectivity index (χ2n) is 11.1. The third-order valence-corrected chi connectivity index (χ3v) is 8.16. The van der Waals surface area contributed by atoms with Gasteiger partial charge in [-0.25, -0.2) is 13.2 Å². The monoisotopic (exact) mass is 536 g/mol. The average Bonchev–Trinajstić information content (AvgIpc) is 2.95. The van der Waals surface area contributed by atoms with Crippen LogP contribution in [0.4, 0.5) is 13.2 Å². The van der Waals surface area contributed by atoms with Crippen molar-refractivity contribution < 1.29 is 17.9 Å². The lowest BCUT2D eigenvalue weighted by atomic mass is 9.89. The summed E-state index contributed by atoms with van der Waals surface area (Å²) in [6.07, 6.45) is 13.1. The molecule has 210 valence electrons. The highest BCUT2D eigenvalue weighted by atomic mass is 19.2. The molecule has 39 heavy (non-hydrogen) atoms. The van der Waals surface area contributed by atoms with Crippen LogP contribution in [0.5, 0.6) is 0 Å². The number of hydrogen-bond donors (Lipinski definition) is 0. The van der Waals surface area contributed by atoms with Gasteiger partial charge in [0.1, 0.15) is 5.82 Å². The van der Waals surface area contributed by atoms with Crippen LogP contribution >= 0.6 is 0 Å². The summed E-state index contributed by atoms with van der Waals surface area (Å²) >= 11 is 0. The molecule has 2 unspecified atom stereocenters. The Morgan fingerprint density at radius 3 is 2.00 bits per heavy atom. The third kappa shape index (κ3) is 7.75. The van der Waals surface area contributed by atoms with Crippen molar-refractivity contribution in [3.63, 3.8) is 0 Å². The first-order valence-corrected chi connectivity index (χ1v) is 15.0. The number of rotatable bonds is 13. The average molecular weight is 537 g/mol. The number of aryl methyl sites for hydroxylation is 1. The molecule has 0 amide bonds. The van der Waals surface area contributed by atoms with Gasteiger partial charge in [-0.05, 0) is 60.4 Å². The fourth-order valence-electron chi connectivity index (χ4n) is 5.75. The molecule has 0 bridgehead atoms. The molecule has 0 aromatic heterocycles. The highest BCUT2D eigenvalue weighted by Crippen LogP contribution is 2.34. The second kappa shape index (κ2) is 14.7. The van der Waals surface area contributed by atoms with Crippen LogP contribution in [0.3, 0.4) is 0 Å². The molecule has 1 fully saturated rings. The molecule has 2 atom stereocenters. The molecule has 0 radical (unpaired) electrons. The van der Waals surface area contributed by atoms with Crippen LogP contribution in [-0.2, 0) is 11.2 Å². The first kappa shape index (κ1) is 29.4. The second-order valence-corrected chi connectivity index (χ2v) is 11.1. The first-order chi connectivity index (χ1) is 19.0. The third-order valence-electron chi connectivity index (χ3n) is 8.16. The van der Waals surface area contributed by atoms with Gasteiger partial charge in [0.25, 0.3) is 0 Å². The number of benzene rings is 3. The summed E-state index contributed by atoms with van der Waals surface area (Å²) in [4.78, 5) is 0. The summed E-state index contributed by atoms with van der Waals surface area (Å²) in [5.74, 6) is -1.62. The van der Waals surface area contributed by atoms with E-state index in [1.165, 1.54) is 25.7 Å². The van der Waals surface area contributed by atoms with Gasteiger partial charge >= 0.3 is 0 Å².